The zero-order valence-corrected chi connectivity index (χ0v) is 11.2. The highest BCUT2D eigenvalue weighted by Gasteiger charge is 2.41. The average molecular weight is 264 g/mol. The van der Waals surface area contributed by atoms with Gasteiger partial charge in [-0.15, -0.1) is 0 Å². The largest absolute Gasteiger partial charge is 0.385 e. The second-order valence-electron chi connectivity index (χ2n) is 5.23. The maximum Gasteiger partial charge on any atom is 0.273 e. The lowest BCUT2D eigenvalue weighted by molar-refractivity contribution is -0.385. The van der Waals surface area contributed by atoms with Crippen molar-refractivity contribution in [2.24, 2.45) is 5.41 Å². The molecular formula is C14H20N2O3. The molecule has 0 radical (unpaired) electrons. The molecule has 104 valence electrons. The summed E-state index contributed by atoms with van der Waals surface area (Å²) in [5.41, 5.74) is 1.30. The van der Waals surface area contributed by atoms with Crippen molar-refractivity contribution in [3.05, 3.63) is 39.9 Å². The first-order chi connectivity index (χ1) is 9.17. The van der Waals surface area contributed by atoms with Gasteiger partial charge in [0, 0.05) is 38.4 Å². The Balaban J connectivity index is 1.85. The fourth-order valence-electron chi connectivity index (χ4n) is 2.31. The quantitative estimate of drug-likeness (QED) is 0.578. The smallest absolute Gasteiger partial charge is 0.273 e. The Kier molecular flexibility index (Phi) is 4.50. The first-order valence-electron chi connectivity index (χ1n) is 6.59. The minimum absolute atomic E-state index is 0.191. The molecule has 1 aliphatic rings. The number of rotatable bonds is 8. The van der Waals surface area contributed by atoms with Gasteiger partial charge >= 0.3 is 0 Å². The third-order valence-electron chi connectivity index (χ3n) is 3.80. The molecular weight excluding hydrogens is 244 g/mol. The normalized spacial score (nSPS) is 16.3. The van der Waals surface area contributed by atoms with Gasteiger partial charge in [0.05, 0.1) is 4.92 Å². The maximum absolute atomic E-state index is 10.9. The summed E-state index contributed by atoms with van der Waals surface area (Å²) in [6.07, 6.45) is 3.51. The van der Waals surface area contributed by atoms with Crippen molar-refractivity contribution < 1.29 is 9.66 Å². The van der Waals surface area contributed by atoms with Gasteiger partial charge in [-0.25, -0.2) is 0 Å². The predicted octanol–water partition coefficient (Wildman–Crippen LogP) is 2.50. The van der Waals surface area contributed by atoms with E-state index in [1.165, 1.54) is 12.8 Å². The van der Waals surface area contributed by atoms with E-state index in [-0.39, 0.29) is 10.6 Å². The second-order valence-corrected chi connectivity index (χ2v) is 5.23. The van der Waals surface area contributed by atoms with Crippen molar-refractivity contribution in [2.75, 3.05) is 20.3 Å². The van der Waals surface area contributed by atoms with E-state index in [2.05, 4.69) is 5.32 Å². The number of hydrogen-bond acceptors (Lipinski definition) is 4. The number of benzene rings is 1. The Labute approximate surface area is 113 Å². The molecule has 19 heavy (non-hydrogen) atoms. The van der Waals surface area contributed by atoms with Crippen molar-refractivity contribution in [1.82, 2.24) is 5.32 Å². The monoisotopic (exact) mass is 264 g/mol. The number of nitro groups is 1. The lowest BCUT2D eigenvalue weighted by Gasteiger charge is -2.15. The molecule has 1 aromatic rings. The molecule has 0 saturated heterocycles. The Morgan fingerprint density at radius 3 is 2.79 bits per heavy atom. The molecule has 0 heterocycles. The van der Waals surface area contributed by atoms with Crippen LogP contribution in [0.4, 0.5) is 5.69 Å². The van der Waals surface area contributed by atoms with Gasteiger partial charge in [0.2, 0.25) is 0 Å². The molecule has 1 N–H and O–H groups in total. The molecule has 1 saturated carbocycles. The minimum Gasteiger partial charge on any atom is -0.385 e. The highest BCUT2D eigenvalue weighted by Crippen LogP contribution is 2.48. The van der Waals surface area contributed by atoms with Gasteiger partial charge in [0.1, 0.15) is 0 Å². The number of nitrogens with one attached hydrogen (secondary N) is 1. The summed E-state index contributed by atoms with van der Waals surface area (Å²) in [6, 6.07) is 6.89. The van der Waals surface area contributed by atoms with Gasteiger partial charge in [0.15, 0.2) is 0 Å². The van der Waals surface area contributed by atoms with Gasteiger partial charge in [-0.05, 0) is 24.7 Å². The number of para-hydroxylation sites is 1. The molecule has 2 rings (SSSR count). The third kappa shape index (κ3) is 3.75. The van der Waals surface area contributed by atoms with Crippen LogP contribution in [-0.2, 0) is 11.3 Å². The van der Waals surface area contributed by atoms with Crippen LogP contribution in [0.2, 0.25) is 0 Å². The van der Waals surface area contributed by atoms with E-state index < -0.39 is 0 Å². The molecule has 0 bridgehead atoms. The first-order valence-corrected chi connectivity index (χ1v) is 6.59. The van der Waals surface area contributed by atoms with Gasteiger partial charge in [-0.3, -0.25) is 10.1 Å². The lowest BCUT2D eigenvalue weighted by Crippen LogP contribution is -2.25. The molecule has 0 unspecified atom stereocenters. The van der Waals surface area contributed by atoms with Crippen molar-refractivity contribution in [3.8, 4) is 0 Å². The Morgan fingerprint density at radius 2 is 2.16 bits per heavy atom. The highest BCUT2D eigenvalue weighted by atomic mass is 16.6. The van der Waals surface area contributed by atoms with Crippen molar-refractivity contribution in [2.45, 2.75) is 25.8 Å². The lowest BCUT2D eigenvalue weighted by atomic mass is 10.0. The summed E-state index contributed by atoms with van der Waals surface area (Å²) in [5, 5.41) is 14.2. The fraction of sp³-hybridized carbons (Fsp3) is 0.571. The predicted molar refractivity (Wildman–Crippen MR) is 73.0 cm³/mol. The molecule has 1 aliphatic carbocycles. The molecule has 0 amide bonds. The van der Waals surface area contributed by atoms with Crippen LogP contribution < -0.4 is 5.32 Å². The van der Waals surface area contributed by atoms with E-state index in [1.807, 2.05) is 6.07 Å². The summed E-state index contributed by atoms with van der Waals surface area (Å²) < 4.78 is 5.12. The number of nitro benzene ring substituents is 1. The van der Waals surface area contributed by atoms with Crippen molar-refractivity contribution in [1.29, 1.82) is 0 Å². The van der Waals surface area contributed by atoms with Crippen LogP contribution in [0.5, 0.6) is 0 Å². The number of nitrogens with zero attached hydrogens (tertiary/aromatic N) is 1. The first kappa shape index (κ1) is 14.0. The van der Waals surface area contributed by atoms with Gasteiger partial charge in [-0.2, -0.15) is 0 Å². The summed E-state index contributed by atoms with van der Waals surface area (Å²) in [6.45, 7) is 2.24. The third-order valence-corrected chi connectivity index (χ3v) is 3.80. The molecule has 1 aromatic carbocycles. The summed E-state index contributed by atoms with van der Waals surface area (Å²) >= 11 is 0. The number of methoxy groups -OCH3 is 1. The van der Waals surface area contributed by atoms with E-state index in [9.17, 15) is 10.1 Å². The van der Waals surface area contributed by atoms with Crippen LogP contribution in [0.15, 0.2) is 24.3 Å². The standard InChI is InChI=1S/C14H20N2O3/c1-19-9-8-14(6-7-14)11-15-10-12-4-2-3-5-13(12)16(17)18/h2-5,15H,6-11H2,1H3. The van der Waals surface area contributed by atoms with E-state index >= 15 is 0 Å². The van der Waals surface area contributed by atoms with Gasteiger partial charge in [0.25, 0.3) is 5.69 Å². The molecule has 5 heteroatoms. The highest BCUT2D eigenvalue weighted by molar-refractivity contribution is 5.39. The Hall–Kier alpha value is -1.46. The zero-order valence-electron chi connectivity index (χ0n) is 11.2. The maximum atomic E-state index is 10.9. The molecule has 0 spiro atoms. The Morgan fingerprint density at radius 1 is 1.42 bits per heavy atom. The number of hydrogen-bond donors (Lipinski definition) is 1. The van der Waals surface area contributed by atoms with E-state index in [1.54, 1.807) is 25.3 Å². The summed E-state index contributed by atoms with van der Waals surface area (Å²) in [5.74, 6) is 0. The Bertz CT molecular complexity index is 444. The topological polar surface area (TPSA) is 64.4 Å². The van der Waals surface area contributed by atoms with E-state index in [0.29, 0.717) is 12.0 Å². The van der Waals surface area contributed by atoms with Crippen molar-refractivity contribution >= 4 is 5.69 Å². The van der Waals surface area contributed by atoms with E-state index in [4.69, 9.17) is 4.74 Å². The minimum atomic E-state index is -0.325. The van der Waals surface area contributed by atoms with E-state index in [0.717, 1.165) is 25.1 Å². The second kappa shape index (κ2) is 6.12. The SMILES string of the molecule is COCCC1(CNCc2ccccc2[N+](=O)[O-])CC1. The molecule has 5 nitrogen and oxygen atoms in total. The van der Waals surface area contributed by atoms with Crippen LogP contribution in [0.25, 0.3) is 0 Å². The summed E-state index contributed by atoms with van der Waals surface area (Å²) in [4.78, 5) is 10.6. The van der Waals surface area contributed by atoms with Crippen LogP contribution in [0.3, 0.4) is 0 Å². The van der Waals surface area contributed by atoms with Crippen LogP contribution in [0.1, 0.15) is 24.8 Å². The molecule has 0 atom stereocenters. The molecule has 0 aliphatic heterocycles. The van der Waals surface area contributed by atoms with Gasteiger partial charge in [-0.1, -0.05) is 18.2 Å². The molecule has 1 fully saturated rings. The fourth-order valence-corrected chi connectivity index (χ4v) is 2.31. The summed E-state index contributed by atoms with van der Waals surface area (Å²) in [7, 11) is 1.72. The van der Waals surface area contributed by atoms with Crippen LogP contribution in [-0.4, -0.2) is 25.2 Å². The van der Waals surface area contributed by atoms with Crippen LogP contribution in [0, 0.1) is 15.5 Å². The molecule has 0 aromatic heterocycles. The van der Waals surface area contributed by atoms with Crippen molar-refractivity contribution in [3.63, 3.8) is 0 Å². The number of ether oxygens (including phenoxy) is 1. The van der Waals surface area contributed by atoms with Crippen LogP contribution >= 0.6 is 0 Å². The average Bonchev–Trinajstić information content (AvgIpc) is 3.17. The zero-order chi connectivity index (χ0) is 13.7. The van der Waals surface area contributed by atoms with Gasteiger partial charge < -0.3 is 10.1 Å².